The van der Waals surface area contributed by atoms with E-state index in [0.717, 1.165) is 5.56 Å². The fraction of sp³-hybridized carbons (Fsp3) is 0.438. The lowest BCUT2D eigenvalue weighted by molar-refractivity contribution is -0.122. The van der Waals surface area contributed by atoms with Crippen molar-refractivity contribution < 1.29 is 4.79 Å². The van der Waals surface area contributed by atoms with Gasteiger partial charge in [0.25, 0.3) is 0 Å². The quantitative estimate of drug-likeness (QED) is 0.895. The third-order valence-electron chi connectivity index (χ3n) is 3.97. The highest BCUT2D eigenvalue weighted by molar-refractivity contribution is 6.42. The van der Waals surface area contributed by atoms with Gasteiger partial charge in [-0.3, -0.25) is 4.79 Å². The van der Waals surface area contributed by atoms with Gasteiger partial charge >= 0.3 is 0 Å². The van der Waals surface area contributed by atoms with Gasteiger partial charge in [-0.1, -0.05) is 23.2 Å². The fourth-order valence-electron chi connectivity index (χ4n) is 2.56. The Labute approximate surface area is 145 Å². The maximum Gasteiger partial charge on any atom is 0.242 e. The lowest BCUT2D eigenvalue weighted by atomic mass is 10.2. The van der Waals surface area contributed by atoms with Crippen LogP contribution in [-0.4, -0.2) is 26.7 Å². The van der Waals surface area contributed by atoms with Gasteiger partial charge in [0.2, 0.25) is 5.91 Å². The summed E-state index contributed by atoms with van der Waals surface area (Å²) in [5.74, 6) is 1.77. The van der Waals surface area contributed by atoms with Crippen molar-refractivity contribution in [1.29, 1.82) is 0 Å². The zero-order valence-electron chi connectivity index (χ0n) is 13.0. The average molecular weight is 353 g/mol. The number of nitrogens with zero attached hydrogens (tertiary/aromatic N) is 3. The maximum absolute atomic E-state index is 12.2. The summed E-state index contributed by atoms with van der Waals surface area (Å²) in [4.78, 5) is 16.6. The summed E-state index contributed by atoms with van der Waals surface area (Å²) in [6.45, 7) is 3.97. The van der Waals surface area contributed by atoms with Gasteiger partial charge in [0.05, 0.1) is 10.0 Å². The van der Waals surface area contributed by atoms with E-state index in [2.05, 4.69) is 15.4 Å². The van der Waals surface area contributed by atoms with Crippen LogP contribution in [0, 0.1) is 12.8 Å². The minimum atomic E-state index is -0.0596. The van der Waals surface area contributed by atoms with Crippen LogP contribution in [0.1, 0.15) is 25.6 Å². The van der Waals surface area contributed by atoms with Crippen molar-refractivity contribution in [2.45, 2.75) is 39.3 Å². The molecule has 3 rings (SSSR count). The molecule has 1 saturated carbocycles. The number of aromatic nitrogens is 3. The van der Waals surface area contributed by atoms with Crippen molar-refractivity contribution in [3.05, 3.63) is 34.1 Å². The van der Waals surface area contributed by atoms with Gasteiger partial charge in [-0.15, -0.1) is 0 Å². The molecule has 0 spiro atoms. The Morgan fingerprint density at radius 3 is 2.78 bits per heavy atom. The molecule has 1 aromatic heterocycles. The zero-order valence-corrected chi connectivity index (χ0v) is 14.5. The Morgan fingerprint density at radius 2 is 2.13 bits per heavy atom. The average Bonchev–Trinajstić information content (AvgIpc) is 3.27. The first kappa shape index (κ1) is 16.3. The fourth-order valence-corrected chi connectivity index (χ4v) is 2.86. The van der Waals surface area contributed by atoms with E-state index >= 15 is 0 Å². The Hall–Kier alpha value is -1.59. The number of rotatable bonds is 5. The highest BCUT2D eigenvalue weighted by Gasteiger charge is 2.29. The SMILES string of the molecule is Cc1nc(-c2ccc(Cl)c(Cl)c2)n(CC(=O)NC(C)C2CC2)n1. The van der Waals surface area contributed by atoms with Crippen molar-refractivity contribution in [3.63, 3.8) is 0 Å². The first-order valence-corrected chi connectivity index (χ1v) is 8.36. The molecule has 0 saturated heterocycles. The van der Waals surface area contributed by atoms with Crippen LogP contribution in [0.25, 0.3) is 11.4 Å². The van der Waals surface area contributed by atoms with Crippen LogP contribution in [0.4, 0.5) is 0 Å². The Kier molecular flexibility index (Phi) is 4.60. The third kappa shape index (κ3) is 3.85. The standard InChI is InChI=1S/C16H18Cl2N4O/c1-9(11-3-4-11)19-15(23)8-22-16(20-10(2)21-22)12-5-6-13(17)14(18)7-12/h5-7,9,11H,3-4,8H2,1-2H3,(H,19,23). The number of hydrogen-bond donors (Lipinski definition) is 1. The number of carbonyl (C=O) groups is 1. The predicted molar refractivity (Wildman–Crippen MR) is 90.5 cm³/mol. The minimum absolute atomic E-state index is 0.0596. The molecule has 0 radical (unpaired) electrons. The number of nitrogens with one attached hydrogen (secondary N) is 1. The second-order valence-corrected chi connectivity index (χ2v) is 6.78. The zero-order chi connectivity index (χ0) is 16.6. The number of amides is 1. The van der Waals surface area contributed by atoms with Crippen molar-refractivity contribution in [3.8, 4) is 11.4 Å². The summed E-state index contributed by atoms with van der Waals surface area (Å²) in [6.07, 6.45) is 2.39. The van der Waals surface area contributed by atoms with Crippen molar-refractivity contribution >= 4 is 29.1 Å². The second kappa shape index (κ2) is 6.49. The van der Waals surface area contributed by atoms with Crippen molar-refractivity contribution in [2.75, 3.05) is 0 Å². The van der Waals surface area contributed by atoms with Crippen molar-refractivity contribution in [1.82, 2.24) is 20.1 Å². The second-order valence-electron chi connectivity index (χ2n) is 5.96. The van der Waals surface area contributed by atoms with Crippen LogP contribution in [-0.2, 0) is 11.3 Å². The number of carbonyl (C=O) groups excluding carboxylic acids is 1. The van der Waals surface area contributed by atoms with E-state index in [0.29, 0.717) is 27.6 Å². The van der Waals surface area contributed by atoms with E-state index in [9.17, 15) is 4.79 Å². The Balaban J connectivity index is 1.79. The van der Waals surface area contributed by atoms with E-state index < -0.39 is 0 Å². The van der Waals surface area contributed by atoms with E-state index in [1.54, 1.807) is 23.7 Å². The summed E-state index contributed by atoms with van der Waals surface area (Å²) in [6, 6.07) is 5.47. The summed E-state index contributed by atoms with van der Waals surface area (Å²) in [5.41, 5.74) is 0.781. The smallest absolute Gasteiger partial charge is 0.242 e. The molecule has 1 heterocycles. The van der Waals surface area contributed by atoms with Gasteiger partial charge < -0.3 is 5.32 Å². The molecule has 1 aliphatic carbocycles. The van der Waals surface area contributed by atoms with Crippen LogP contribution >= 0.6 is 23.2 Å². The molecule has 1 fully saturated rings. The third-order valence-corrected chi connectivity index (χ3v) is 4.71. The number of aryl methyl sites for hydroxylation is 1. The molecule has 1 aliphatic rings. The minimum Gasteiger partial charge on any atom is -0.352 e. The first-order valence-electron chi connectivity index (χ1n) is 7.60. The van der Waals surface area contributed by atoms with Gasteiger partial charge in [-0.2, -0.15) is 5.10 Å². The molecule has 1 N–H and O–H groups in total. The predicted octanol–water partition coefficient (Wildman–Crippen LogP) is 3.48. The summed E-state index contributed by atoms with van der Waals surface area (Å²) < 4.78 is 1.60. The number of halogens is 2. The normalized spacial score (nSPS) is 15.5. The first-order chi connectivity index (χ1) is 10.9. The van der Waals surface area contributed by atoms with Gasteiger partial charge in [-0.05, 0) is 50.8 Å². The summed E-state index contributed by atoms with van der Waals surface area (Å²) in [5, 5.41) is 8.27. The molecule has 1 amide bonds. The number of hydrogen-bond acceptors (Lipinski definition) is 3. The van der Waals surface area contributed by atoms with Crippen LogP contribution in [0.5, 0.6) is 0 Å². The van der Waals surface area contributed by atoms with Crippen LogP contribution < -0.4 is 5.32 Å². The van der Waals surface area contributed by atoms with Crippen LogP contribution in [0.15, 0.2) is 18.2 Å². The molecule has 0 aliphatic heterocycles. The lowest BCUT2D eigenvalue weighted by Gasteiger charge is -2.13. The molecule has 1 unspecified atom stereocenters. The molecule has 7 heteroatoms. The molecule has 2 aromatic rings. The van der Waals surface area contributed by atoms with E-state index in [4.69, 9.17) is 23.2 Å². The molecule has 0 bridgehead atoms. The molecule has 5 nitrogen and oxygen atoms in total. The largest absolute Gasteiger partial charge is 0.352 e. The Bertz CT molecular complexity index is 740. The molecular formula is C16H18Cl2N4O. The highest BCUT2D eigenvalue weighted by Crippen LogP contribution is 2.32. The van der Waals surface area contributed by atoms with Gasteiger partial charge in [0.1, 0.15) is 12.4 Å². The van der Waals surface area contributed by atoms with E-state index in [1.807, 2.05) is 13.0 Å². The topological polar surface area (TPSA) is 59.8 Å². The van der Waals surface area contributed by atoms with Gasteiger partial charge in [0, 0.05) is 11.6 Å². The summed E-state index contributed by atoms with van der Waals surface area (Å²) >= 11 is 12.0. The molecule has 23 heavy (non-hydrogen) atoms. The molecule has 1 atom stereocenters. The molecule has 122 valence electrons. The van der Waals surface area contributed by atoms with Crippen LogP contribution in [0.3, 0.4) is 0 Å². The lowest BCUT2D eigenvalue weighted by Crippen LogP contribution is -2.36. The Morgan fingerprint density at radius 1 is 1.39 bits per heavy atom. The van der Waals surface area contributed by atoms with Crippen LogP contribution in [0.2, 0.25) is 10.0 Å². The molecular weight excluding hydrogens is 335 g/mol. The van der Waals surface area contributed by atoms with Crippen molar-refractivity contribution in [2.24, 2.45) is 5.92 Å². The summed E-state index contributed by atoms with van der Waals surface area (Å²) in [7, 11) is 0. The number of benzene rings is 1. The van der Waals surface area contributed by atoms with E-state index in [-0.39, 0.29) is 18.5 Å². The van der Waals surface area contributed by atoms with Gasteiger partial charge in [0.15, 0.2) is 5.82 Å². The maximum atomic E-state index is 12.2. The van der Waals surface area contributed by atoms with Gasteiger partial charge in [-0.25, -0.2) is 9.67 Å². The molecule has 1 aromatic carbocycles. The monoisotopic (exact) mass is 352 g/mol. The highest BCUT2D eigenvalue weighted by atomic mass is 35.5. The van der Waals surface area contributed by atoms with E-state index in [1.165, 1.54) is 12.8 Å².